The maximum absolute atomic E-state index is 15.0. The van der Waals surface area contributed by atoms with Crippen LogP contribution in [0.5, 0.6) is 0 Å². The zero-order valence-corrected chi connectivity index (χ0v) is 23.4. The third-order valence-corrected chi connectivity index (χ3v) is 8.04. The lowest BCUT2D eigenvalue weighted by molar-refractivity contribution is -0.140. The number of nitrogens with one attached hydrogen (secondary N) is 1. The first-order valence-corrected chi connectivity index (χ1v) is 13.9. The van der Waals surface area contributed by atoms with Crippen LogP contribution in [0.25, 0.3) is 5.83 Å². The Bertz CT molecular complexity index is 1490. The monoisotopic (exact) mass is 697 g/mol. The molecule has 43 heavy (non-hydrogen) atoms. The van der Waals surface area contributed by atoms with Gasteiger partial charge in [-0.3, -0.25) is 4.79 Å². The van der Waals surface area contributed by atoms with Crippen LogP contribution in [0.3, 0.4) is 0 Å². The van der Waals surface area contributed by atoms with Gasteiger partial charge in [-0.2, -0.15) is 39.5 Å². The number of allylic oxidation sites excluding steroid dienone is 1. The van der Waals surface area contributed by atoms with Gasteiger partial charge in [-0.05, 0) is 42.8 Å². The van der Waals surface area contributed by atoms with Crippen LogP contribution in [0.2, 0.25) is 10.0 Å². The molecule has 0 saturated carbocycles. The third-order valence-electron chi connectivity index (χ3n) is 5.45. The van der Waals surface area contributed by atoms with Gasteiger partial charge in [0.25, 0.3) is 12.3 Å². The molecule has 0 aromatic heterocycles. The number of benzene rings is 2. The zero-order chi connectivity index (χ0) is 33.3. The highest BCUT2D eigenvalue weighted by Gasteiger charge is 2.42. The summed E-state index contributed by atoms with van der Waals surface area (Å²) in [6.07, 6.45) is -19.5. The second-order valence-electron chi connectivity index (χ2n) is 9.04. The minimum absolute atomic E-state index is 0.0430. The lowest BCUT2D eigenvalue weighted by Crippen LogP contribution is -2.40. The van der Waals surface area contributed by atoms with E-state index in [0.717, 1.165) is 6.92 Å². The highest BCUT2D eigenvalue weighted by Crippen LogP contribution is 2.43. The Hall–Kier alpha value is -2.66. The zero-order valence-electron chi connectivity index (χ0n) is 21.0. The summed E-state index contributed by atoms with van der Waals surface area (Å²) in [5.41, 5.74) is -6.43. The number of rotatable bonds is 9. The second-order valence-corrected chi connectivity index (χ2v) is 11.9. The molecule has 0 aliphatic carbocycles. The molecule has 0 spiro atoms. The maximum atomic E-state index is 15.0. The second kappa shape index (κ2) is 13.1. The quantitative estimate of drug-likeness (QED) is 0.267. The fourth-order valence-electron chi connectivity index (χ4n) is 3.75. The van der Waals surface area contributed by atoms with E-state index in [1.165, 1.54) is 0 Å². The summed E-state index contributed by atoms with van der Waals surface area (Å²) < 4.78 is 185. The van der Waals surface area contributed by atoms with E-state index >= 15 is 0 Å². The molecule has 2 aromatic rings. The van der Waals surface area contributed by atoms with Crippen molar-refractivity contribution in [3.8, 4) is 0 Å². The first kappa shape index (κ1) is 36.5. The molecule has 240 valence electrons. The number of alkyl halides is 11. The number of amides is 1. The van der Waals surface area contributed by atoms with Crippen molar-refractivity contribution in [2.75, 3.05) is 11.5 Å². The fraction of sp³-hybridized carbons (Fsp3) is 0.375. The highest BCUT2D eigenvalue weighted by molar-refractivity contribution is 7.91. The van der Waals surface area contributed by atoms with Crippen LogP contribution >= 0.6 is 23.2 Å². The Morgan fingerprint density at radius 3 is 2.05 bits per heavy atom. The number of halogens is 14. The molecule has 1 unspecified atom stereocenters. The van der Waals surface area contributed by atoms with E-state index in [0.29, 0.717) is 24.3 Å². The SMILES string of the molecule is C[C@H](CS(=O)(=O)CC(F)(F)F)NC(=O)c1ccc(/C(F)=C/C(c2cc(Cl)c(Cl)c(C(F)F)c2)C(F)(F)F)cc1C(F)(F)F. The number of sulfone groups is 1. The maximum Gasteiger partial charge on any atom is 0.417 e. The van der Waals surface area contributed by atoms with Crippen LogP contribution in [0.4, 0.5) is 52.7 Å². The van der Waals surface area contributed by atoms with Crippen molar-refractivity contribution in [1.82, 2.24) is 5.32 Å². The lowest BCUT2D eigenvalue weighted by Gasteiger charge is -2.20. The normalized spacial score (nSPS) is 15.0. The van der Waals surface area contributed by atoms with Crippen LogP contribution < -0.4 is 5.32 Å². The van der Waals surface area contributed by atoms with Gasteiger partial charge in [0.1, 0.15) is 17.5 Å². The summed E-state index contributed by atoms with van der Waals surface area (Å²) >= 11 is 11.2. The number of carbonyl (C=O) groups excluding carboxylic acids is 1. The Kier molecular flexibility index (Phi) is 11.2. The number of hydrogen-bond donors (Lipinski definition) is 1. The van der Waals surface area contributed by atoms with Crippen molar-refractivity contribution in [3.05, 3.63) is 74.3 Å². The molecule has 19 heteroatoms. The predicted octanol–water partition coefficient (Wildman–Crippen LogP) is 8.70. The first-order valence-electron chi connectivity index (χ1n) is 11.3. The molecule has 0 fully saturated rings. The van der Waals surface area contributed by atoms with Crippen molar-refractivity contribution in [3.63, 3.8) is 0 Å². The van der Waals surface area contributed by atoms with Gasteiger partial charge in [-0.15, -0.1) is 0 Å². The van der Waals surface area contributed by atoms with Crippen LogP contribution in [-0.4, -0.2) is 44.2 Å². The van der Waals surface area contributed by atoms with E-state index in [2.05, 4.69) is 0 Å². The van der Waals surface area contributed by atoms with Gasteiger partial charge in [0.05, 0.1) is 26.9 Å². The van der Waals surface area contributed by atoms with E-state index in [9.17, 15) is 65.9 Å². The molecule has 0 aliphatic rings. The topological polar surface area (TPSA) is 63.2 Å². The minimum atomic E-state index is -5.44. The van der Waals surface area contributed by atoms with Crippen molar-refractivity contribution in [2.24, 2.45) is 0 Å². The van der Waals surface area contributed by atoms with Crippen LogP contribution in [0, 0.1) is 0 Å². The molecule has 0 aliphatic heterocycles. The minimum Gasteiger partial charge on any atom is -0.349 e. The summed E-state index contributed by atoms with van der Waals surface area (Å²) in [6, 6.07) is -0.0522. The molecular weight excluding hydrogens is 681 g/mol. The smallest absolute Gasteiger partial charge is 0.349 e. The van der Waals surface area contributed by atoms with Gasteiger partial charge in [0.2, 0.25) is 0 Å². The summed E-state index contributed by atoms with van der Waals surface area (Å²) in [4.78, 5) is 12.4. The summed E-state index contributed by atoms with van der Waals surface area (Å²) in [5, 5.41) is 0.251. The first-order chi connectivity index (χ1) is 19.3. The van der Waals surface area contributed by atoms with Crippen molar-refractivity contribution < 1.29 is 65.9 Å². The lowest BCUT2D eigenvalue weighted by atomic mass is 9.94. The van der Waals surface area contributed by atoms with Crippen LogP contribution in [-0.2, 0) is 16.0 Å². The Labute approximate surface area is 245 Å². The average molecular weight is 698 g/mol. The molecule has 0 saturated heterocycles. The fourth-order valence-corrected chi connectivity index (χ4v) is 5.64. The molecule has 0 heterocycles. The Morgan fingerprint density at radius 2 is 1.56 bits per heavy atom. The van der Waals surface area contributed by atoms with E-state index in [-0.39, 0.29) is 12.1 Å². The highest BCUT2D eigenvalue weighted by atomic mass is 35.5. The van der Waals surface area contributed by atoms with E-state index < -0.39 is 108 Å². The summed E-state index contributed by atoms with van der Waals surface area (Å²) in [6.45, 7) is 0.885. The van der Waals surface area contributed by atoms with Crippen molar-refractivity contribution in [1.29, 1.82) is 0 Å². The van der Waals surface area contributed by atoms with E-state index in [4.69, 9.17) is 23.2 Å². The molecule has 0 bridgehead atoms. The molecular formula is C24H17Cl2F12NO3S. The largest absolute Gasteiger partial charge is 0.417 e. The summed E-state index contributed by atoms with van der Waals surface area (Å²) in [5.74, 6) is -10.1. The molecule has 2 rings (SSSR count). The molecule has 0 radical (unpaired) electrons. The standard InChI is InChI=1S/C24H17Cl2F12NO3S/c1-10(8-43(41,42)9-22(30,31)32)39-21(40)13-3-2-11(5-16(13)24(36,37)38)18(27)7-15(23(33,34)35)12-4-14(20(28)29)19(26)17(25)6-12/h2-7,10,15,20H,8-9H2,1H3,(H,39,40)/b18-7-/t10-,15?/m1/s1. The Balaban J connectivity index is 2.51. The third kappa shape index (κ3) is 10.2. The van der Waals surface area contributed by atoms with Crippen LogP contribution in [0.1, 0.15) is 51.9 Å². The van der Waals surface area contributed by atoms with Crippen LogP contribution in [0.15, 0.2) is 36.4 Å². The molecule has 4 nitrogen and oxygen atoms in total. The van der Waals surface area contributed by atoms with Gasteiger partial charge in [0.15, 0.2) is 9.84 Å². The molecule has 1 amide bonds. The van der Waals surface area contributed by atoms with Gasteiger partial charge < -0.3 is 5.32 Å². The van der Waals surface area contributed by atoms with Crippen molar-refractivity contribution in [2.45, 2.75) is 43.8 Å². The number of carbonyl (C=O) groups is 1. The summed E-state index contributed by atoms with van der Waals surface area (Å²) in [7, 11) is -4.85. The van der Waals surface area contributed by atoms with Gasteiger partial charge in [-0.25, -0.2) is 21.6 Å². The van der Waals surface area contributed by atoms with Crippen molar-refractivity contribution >= 4 is 44.8 Å². The number of hydrogen-bond acceptors (Lipinski definition) is 3. The average Bonchev–Trinajstić information content (AvgIpc) is 2.80. The van der Waals surface area contributed by atoms with Gasteiger partial charge in [0, 0.05) is 17.2 Å². The molecule has 2 atom stereocenters. The molecule has 2 aromatic carbocycles. The van der Waals surface area contributed by atoms with E-state index in [1.807, 2.05) is 0 Å². The van der Waals surface area contributed by atoms with Gasteiger partial charge >= 0.3 is 18.5 Å². The van der Waals surface area contributed by atoms with Gasteiger partial charge in [-0.1, -0.05) is 29.3 Å². The van der Waals surface area contributed by atoms with E-state index in [1.54, 1.807) is 5.32 Å². The Morgan fingerprint density at radius 1 is 0.977 bits per heavy atom. The predicted molar refractivity (Wildman–Crippen MR) is 132 cm³/mol. The molecule has 1 N–H and O–H groups in total.